The molecule has 0 aliphatic rings. The summed E-state index contributed by atoms with van der Waals surface area (Å²) in [6.07, 6.45) is 5.62. The van der Waals surface area contributed by atoms with Crippen molar-refractivity contribution in [2.24, 2.45) is 0 Å². The quantitative estimate of drug-likeness (QED) is 0.441. The lowest BCUT2D eigenvalue weighted by Crippen LogP contribution is -2.25. The van der Waals surface area contributed by atoms with Crippen molar-refractivity contribution in [2.45, 2.75) is 13.3 Å². The first kappa shape index (κ1) is 11.1. The van der Waals surface area contributed by atoms with E-state index in [9.17, 15) is 4.79 Å². The van der Waals surface area contributed by atoms with Crippen LogP contribution in [0.5, 0.6) is 0 Å². The summed E-state index contributed by atoms with van der Waals surface area (Å²) >= 11 is 0. The largest absolute Gasteiger partial charge is 0.398 e. The normalized spacial score (nSPS) is 9.33. The molecule has 3 heteroatoms. The van der Waals surface area contributed by atoms with E-state index in [1.54, 1.807) is 18.2 Å². The fraction of sp³-hybridized carbons (Fsp3) is 0.250. The van der Waals surface area contributed by atoms with Gasteiger partial charge in [-0.2, -0.15) is 0 Å². The lowest BCUT2D eigenvalue weighted by atomic mass is 10.1. The van der Waals surface area contributed by atoms with Gasteiger partial charge in [0.1, 0.15) is 0 Å². The molecular formula is C12H14N2O. The molecule has 1 aromatic carbocycles. The van der Waals surface area contributed by atoms with Gasteiger partial charge in [0.05, 0.1) is 0 Å². The number of nitrogens with one attached hydrogen (secondary N) is 1. The predicted octanol–water partition coefficient (Wildman–Crippen LogP) is 1.33. The standard InChI is InChI=1S/C12H14N2O/c1-3-4-8-14-12(15)10-6-5-7-11(13)9(10)2/h1,5-7H,4,8,13H2,2H3,(H,14,15). The summed E-state index contributed by atoms with van der Waals surface area (Å²) in [5, 5.41) is 2.73. The van der Waals surface area contributed by atoms with Crippen LogP contribution < -0.4 is 11.1 Å². The lowest BCUT2D eigenvalue weighted by Gasteiger charge is -2.08. The topological polar surface area (TPSA) is 55.1 Å². The molecular weight excluding hydrogens is 188 g/mol. The van der Waals surface area contributed by atoms with Crippen molar-refractivity contribution in [2.75, 3.05) is 12.3 Å². The number of terminal acetylenes is 1. The number of anilines is 1. The zero-order chi connectivity index (χ0) is 11.3. The summed E-state index contributed by atoms with van der Waals surface area (Å²) < 4.78 is 0. The molecule has 0 atom stereocenters. The van der Waals surface area contributed by atoms with E-state index in [4.69, 9.17) is 12.2 Å². The van der Waals surface area contributed by atoms with E-state index in [0.717, 1.165) is 5.56 Å². The molecule has 1 rings (SSSR count). The van der Waals surface area contributed by atoms with Gasteiger partial charge in [-0.3, -0.25) is 4.79 Å². The summed E-state index contributed by atoms with van der Waals surface area (Å²) in [4.78, 5) is 11.7. The number of carbonyl (C=O) groups excluding carboxylic acids is 1. The predicted molar refractivity (Wildman–Crippen MR) is 61.4 cm³/mol. The third-order valence-electron chi connectivity index (χ3n) is 2.18. The summed E-state index contributed by atoms with van der Waals surface area (Å²) in [5.41, 5.74) is 7.73. The third-order valence-corrected chi connectivity index (χ3v) is 2.18. The molecule has 0 saturated heterocycles. The second-order valence-electron chi connectivity index (χ2n) is 3.23. The highest BCUT2D eigenvalue weighted by Crippen LogP contribution is 2.14. The highest BCUT2D eigenvalue weighted by Gasteiger charge is 2.08. The van der Waals surface area contributed by atoms with Crippen LogP contribution in [0.15, 0.2) is 18.2 Å². The van der Waals surface area contributed by atoms with Gasteiger partial charge in [-0.1, -0.05) is 6.07 Å². The van der Waals surface area contributed by atoms with Gasteiger partial charge in [0.25, 0.3) is 5.91 Å². The van der Waals surface area contributed by atoms with Crippen LogP contribution in [0, 0.1) is 19.3 Å². The average molecular weight is 202 g/mol. The molecule has 0 saturated carbocycles. The van der Waals surface area contributed by atoms with Crippen LogP contribution in [0.4, 0.5) is 5.69 Å². The van der Waals surface area contributed by atoms with Gasteiger partial charge in [0.15, 0.2) is 0 Å². The van der Waals surface area contributed by atoms with Crippen molar-refractivity contribution < 1.29 is 4.79 Å². The Morgan fingerprint density at radius 3 is 3.00 bits per heavy atom. The number of hydrogen-bond acceptors (Lipinski definition) is 2. The van der Waals surface area contributed by atoms with Gasteiger partial charge in [0.2, 0.25) is 0 Å². The molecule has 0 heterocycles. The van der Waals surface area contributed by atoms with E-state index >= 15 is 0 Å². The second-order valence-corrected chi connectivity index (χ2v) is 3.23. The monoisotopic (exact) mass is 202 g/mol. The van der Waals surface area contributed by atoms with Crippen LogP contribution in [0.25, 0.3) is 0 Å². The van der Waals surface area contributed by atoms with Crippen molar-refractivity contribution in [3.05, 3.63) is 29.3 Å². The number of benzene rings is 1. The Labute approximate surface area is 89.7 Å². The fourth-order valence-corrected chi connectivity index (χ4v) is 1.24. The maximum absolute atomic E-state index is 11.7. The SMILES string of the molecule is C#CCCNC(=O)c1cccc(N)c1C. The van der Waals surface area contributed by atoms with Gasteiger partial charge in [0, 0.05) is 24.2 Å². The molecule has 3 nitrogen and oxygen atoms in total. The third kappa shape index (κ3) is 2.75. The molecule has 1 aromatic rings. The van der Waals surface area contributed by atoms with Crippen molar-refractivity contribution in [3.8, 4) is 12.3 Å². The Balaban J connectivity index is 2.75. The van der Waals surface area contributed by atoms with Gasteiger partial charge in [-0.15, -0.1) is 12.3 Å². The smallest absolute Gasteiger partial charge is 0.251 e. The number of rotatable bonds is 3. The van der Waals surface area contributed by atoms with E-state index in [1.807, 2.05) is 6.92 Å². The van der Waals surface area contributed by atoms with Crippen LogP contribution in [-0.2, 0) is 0 Å². The van der Waals surface area contributed by atoms with Crippen LogP contribution in [0.2, 0.25) is 0 Å². The van der Waals surface area contributed by atoms with Crippen molar-refractivity contribution >= 4 is 11.6 Å². The van der Waals surface area contributed by atoms with Crippen LogP contribution in [0.1, 0.15) is 22.3 Å². The van der Waals surface area contributed by atoms with Gasteiger partial charge < -0.3 is 11.1 Å². The molecule has 0 bridgehead atoms. The molecule has 0 aliphatic carbocycles. The van der Waals surface area contributed by atoms with E-state index < -0.39 is 0 Å². The van der Waals surface area contributed by atoms with Gasteiger partial charge in [-0.05, 0) is 24.6 Å². The van der Waals surface area contributed by atoms with Crippen LogP contribution >= 0.6 is 0 Å². The van der Waals surface area contributed by atoms with Crippen LogP contribution in [0.3, 0.4) is 0 Å². The Hall–Kier alpha value is -1.95. The number of amides is 1. The van der Waals surface area contributed by atoms with Gasteiger partial charge >= 0.3 is 0 Å². The minimum absolute atomic E-state index is 0.130. The van der Waals surface area contributed by atoms with Crippen molar-refractivity contribution in [1.29, 1.82) is 0 Å². The van der Waals surface area contributed by atoms with Crippen LogP contribution in [-0.4, -0.2) is 12.5 Å². The Morgan fingerprint density at radius 2 is 2.33 bits per heavy atom. The number of nitrogen functional groups attached to an aromatic ring is 1. The fourth-order valence-electron chi connectivity index (χ4n) is 1.24. The second kappa shape index (κ2) is 5.06. The Morgan fingerprint density at radius 1 is 1.60 bits per heavy atom. The molecule has 0 unspecified atom stereocenters. The highest BCUT2D eigenvalue weighted by molar-refractivity contribution is 5.96. The summed E-state index contributed by atoms with van der Waals surface area (Å²) in [5.74, 6) is 2.33. The molecule has 0 aliphatic heterocycles. The molecule has 1 amide bonds. The minimum Gasteiger partial charge on any atom is -0.398 e. The Kier molecular flexibility index (Phi) is 3.75. The minimum atomic E-state index is -0.130. The molecule has 0 aromatic heterocycles. The summed E-state index contributed by atoms with van der Waals surface area (Å²) in [7, 11) is 0. The molecule has 0 fully saturated rings. The van der Waals surface area contributed by atoms with E-state index in [2.05, 4.69) is 11.2 Å². The molecule has 3 N–H and O–H groups in total. The van der Waals surface area contributed by atoms with Gasteiger partial charge in [-0.25, -0.2) is 0 Å². The van der Waals surface area contributed by atoms with E-state index in [-0.39, 0.29) is 5.91 Å². The molecule has 78 valence electrons. The first-order valence-corrected chi connectivity index (χ1v) is 4.73. The maximum Gasteiger partial charge on any atom is 0.251 e. The number of hydrogen-bond donors (Lipinski definition) is 2. The number of nitrogens with two attached hydrogens (primary N) is 1. The zero-order valence-electron chi connectivity index (χ0n) is 8.71. The van der Waals surface area contributed by atoms with E-state index in [1.165, 1.54) is 0 Å². The molecule has 15 heavy (non-hydrogen) atoms. The Bertz CT molecular complexity index is 405. The molecule has 0 spiro atoms. The van der Waals surface area contributed by atoms with E-state index in [0.29, 0.717) is 24.2 Å². The van der Waals surface area contributed by atoms with Crippen molar-refractivity contribution in [1.82, 2.24) is 5.32 Å². The zero-order valence-corrected chi connectivity index (χ0v) is 8.71. The summed E-state index contributed by atoms with van der Waals surface area (Å²) in [6.45, 7) is 2.31. The highest BCUT2D eigenvalue weighted by atomic mass is 16.1. The lowest BCUT2D eigenvalue weighted by molar-refractivity contribution is 0.0954. The molecule has 0 radical (unpaired) electrons. The first-order valence-electron chi connectivity index (χ1n) is 4.73. The van der Waals surface area contributed by atoms with Crippen molar-refractivity contribution in [3.63, 3.8) is 0 Å². The number of carbonyl (C=O) groups is 1. The summed E-state index contributed by atoms with van der Waals surface area (Å²) in [6, 6.07) is 5.28. The average Bonchev–Trinajstić information content (AvgIpc) is 2.22. The first-order chi connectivity index (χ1) is 7.16. The maximum atomic E-state index is 11.7.